The maximum atomic E-state index is 13.7. The first kappa shape index (κ1) is 14.2. The number of imidazole rings is 1. The molecule has 0 saturated carbocycles. The largest absolute Gasteiger partial charge is 0.341 e. The molecular formula is C16H15BrFN3. The molecule has 0 aliphatic heterocycles. The van der Waals surface area contributed by atoms with E-state index in [0.29, 0.717) is 12.1 Å². The van der Waals surface area contributed by atoms with E-state index >= 15 is 0 Å². The van der Waals surface area contributed by atoms with Crippen LogP contribution < -0.4 is 5.32 Å². The van der Waals surface area contributed by atoms with E-state index in [2.05, 4.69) is 31.2 Å². The Bertz CT molecular complexity index is 736. The van der Waals surface area contributed by atoms with Crippen LogP contribution in [0, 0.1) is 5.82 Å². The van der Waals surface area contributed by atoms with Crippen molar-refractivity contribution in [3.63, 3.8) is 0 Å². The first-order valence-electron chi connectivity index (χ1n) is 6.75. The zero-order chi connectivity index (χ0) is 14.8. The fourth-order valence-electron chi connectivity index (χ4n) is 2.22. The van der Waals surface area contributed by atoms with Gasteiger partial charge in [-0.15, -0.1) is 0 Å². The molecule has 5 heteroatoms. The van der Waals surface area contributed by atoms with Crippen molar-refractivity contribution in [2.24, 2.45) is 0 Å². The van der Waals surface area contributed by atoms with Crippen molar-refractivity contribution in [3.05, 3.63) is 64.1 Å². The Morgan fingerprint density at radius 1 is 1.29 bits per heavy atom. The molecule has 0 fully saturated rings. The summed E-state index contributed by atoms with van der Waals surface area (Å²) in [5.74, 6) is 0.647. The van der Waals surface area contributed by atoms with Crippen molar-refractivity contribution < 1.29 is 4.39 Å². The van der Waals surface area contributed by atoms with E-state index in [1.54, 1.807) is 12.1 Å². The minimum atomic E-state index is -0.206. The SMILES string of the molecule is CC(NCc1cc(Br)ccc1F)c1nc2ccccc2[nH]1. The van der Waals surface area contributed by atoms with Crippen LogP contribution >= 0.6 is 15.9 Å². The number of benzene rings is 2. The van der Waals surface area contributed by atoms with Crippen molar-refractivity contribution >= 4 is 27.0 Å². The monoisotopic (exact) mass is 347 g/mol. The third kappa shape index (κ3) is 3.14. The van der Waals surface area contributed by atoms with Crippen LogP contribution in [0.5, 0.6) is 0 Å². The van der Waals surface area contributed by atoms with Gasteiger partial charge >= 0.3 is 0 Å². The zero-order valence-electron chi connectivity index (χ0n) is 11.5. The molecule has 1 atom stereocenters. The van der Waals surface area contributed by atoms with Crippen molar-refractivity contribution in [2.75, 3.05) is 0 Å². The molecule has 0 aliphatic carbocycles. The second-order valence-electron chi connectivity index (χ2n) is 4.98. The highest BCUT2D eigenvalue weighted by atomic mass is 79.9. The Morgan fingerprint density at radius 2 is 2.10 bits per heavy atom. The Hall–Kier alpha value is -1.72. The van der Waals surface area contributed by atoms with Crippen molar-refractivity contribution in [3.8, 4) is 0 Å². The molecule has 0 bridgehead atoms. The fourth-order valence-corrected chi connectivity index (χ4v) is 2.62. The molecule has 1 heterocycles. The van der Waals surface area contributed by atoms with Crippen molar-refractivity contribution in [2.45, 2.75) is 19.5 Å². The van der Waals surface area contributed by atoms with Crippen LogP contribution in [0.15, 0.2) is 46.9 Å². The summed E-state index contributed by atoms with van der Waals surface area (Å²) in [6.07, 6.45) is 0. The van der Waals surface area contributed by atoms with Crippen LogP contribution in [0.25, 0.3) is 11.0 Å². The molecule has 108 valence electrons. The number of nitrogens with one attached hydrogen (secondary N) is 2. The van der Waals surface area contributed by atoms with Crippen molar-refractivity contribution in [1.82, 2.24) is 15.3 Å². The molecule has 0 saturated heterocycles. The van der Waals surface area contributed by atoms with Gasteiger partial charge < -0.3 is 10.3 Å². The fraction of sp³-hybridized carbons (Fsp3) is 0.188. The van der Waals surface area contributed by atoms with Gasteiger partial charge in [-0.1, -0.05) is 28.1 Å². The first-order chi connectivity index (χ1) is 10.1. The van der Waals surface area contributed by atoms with E-state index in [1.807, 2.05) is 31.2 Å². The number of nitrogens with zero attached hydrogens (tertiary/aromatic N) is 1. The Kier molecular flexibility index (Phi) is 4.03. The standard InChI is InChI=1S/C16H15BrFN3/c1-10(16-20-14-4-2-3-5-15(14)21-16)19-9-11-8-12(17)6-7-13(11)18/h2-8,10,19H,9H2,1H3,(H,20,21). The van der Waals surface area contributed by atoms with E-state index in [4.69, 9.17) is 0 Å². The number of hydrogen-bond acceptors (Lipinski definition) is 2. The Labute approximate surface area is 130 Å². The average molecular weight is 348 g/mol. The third-order valence-electron chi connectivity index (χ3n) is 3.42. The van der Waals surface area contributed by atoms with E-state index < -0.39 is 0 Å². The second-order valence-corrected chi connectivity index (χ2v) is 5.89. The molecule has 3 nitrogen and oxygen atoms in total. The summed E-state index contributed by atoms with van der Waals surface area (Å²) in [7, 11) is 0. The minimum absolute atomic E-state index is 0.00998. The van der Waals surface area contributed by atoms with Crippen LogP contribution in [0.2, 0.25) is 0 Å². The van der Waals surface area contributed by atoms with Gasteiger partial charge in [0, 0.05) is 16.6 Å². The molecule has 3 aromatic rings. The summed E-state index contributed by atoms with van der Waals surface area (Å²) in [6, 6.07) is 12.8. The van der Waals surface area contributed by atoms with Crippen LogP contribution in [0.3, 0.4) is 0 Å². The molecule has 2 N–H and O–H groups in total. The van der Waals surface area contributed by atoms with Gasteiger partial charge in [0.15, 0.2) is 0 Å². The molecule has 1 aromatic heterocycles. The van der Waals surface area contributed by atoms with Gasteiger partial charge in [-0.3, -0.25) is 0 Å². The Balaban J connectivity index is 1.74. The number of H-pyrrole nitrogens is 1. The molecule has 0 aliphatic rings. The summed E-state index contributed by atoms with van der Waals surface area (Å²) in [5.41, 5.74) is 2.58. The van der Waals surface area contributed by atoms with Crippen LogP contribution in [0.4, 0.5) is 4.39 Å². The van der Waals surface area contributed by atoms with E-state index in [0.717, 1.165) is 21.3 Å². The highest BCUT2D eigenvalue weighted by Crippen LogP contribution is 2.18. The summed E-state index contributed by atoms with van der Waals surface area (Å²) >= 11 is 3.36. The second kappa shape index (κ2) is 5.95. The van der Waals surface area contributed by atoms with E-state index in [1.165, 1.54) is 6.07 Å². The van der Waals surface area contributed by atoms with Crippen LogP contribution in [0.1, 0.15) is 24.4 Å². The topological polar surface area (TPSA) is 40.7 Å². The number of fused-ring (bicyclic) bond motifs is 1. The molecule has 2 aromatic carbocycles. The normalized spacial score (nSPS) is 12.7. The third-order valence-corrected chi connectivity index (χ3v) is 3.92. The van der Waals surface area contributed by atoms with E-state index in [9.17, 15) is 4.39 Å². The predicted octanol–water partition coefficient (Wildman–Crippen LogP) is 4.32. The van der Waals surface area contributed by atoms with Gasteiger partial charge in [-0.05, 0) is 37.3 Å². The lowest BCUT2D eigenvalue weighted by Crippen LogP contribution is -2.19. The molecular weight excluding hydrogens is 333 g/mol. The lowest BCUT2D eigenvalue weighted by atomic mass is 10.2. The van der Waals surface area contributed by atoms with Gasteiger partial charge in [0.25, 0.3) is 0 Å². The molecule has 3 rings (SSSR count). The summed E-state index contributed by atoms with van der Waals surface area (Å²) in [6.45, 7) is 2.46. The minimum Gasteiger partial charge on any atom is -0.341 e. The van der Waals surface area contributed by atoms with Crippen molar-refractivity contribution in [1.29, 1.82) is 0 Å². The number of halogens is 2. The summed E-state index contributed by atoms with van der Waals surface area (Å²) < 4.78 is 14.6. The highest BCUT2D eigenvalue weighted by Gasteiger charge is 2.11. The predicted molar refractivity (Wildman–Crippen MR) is 85.4 cm³/mol. The summed E-state index contributed by atoms with van der Waals surface area (Å²) in [5, 5.41) is 3.29. The molecule has 0 amide bonds. The smallest absolute Gasteiger partial charge is 0.127 e. The Morgan fingerprint density at radius 3 is 2.90 bits per heavy atom. The molecule has 0 radical (unpaired) electrons. The maximum Gasteiger partial charge on any atom is 0.127 e. The lowest BCUT2D eigenvalue weighted by molar-refractivity contribution is 0.529. The van der Waals surface area contributed by atoms with Crippen LogP contribution in [-0.2, 0) is 6.54 Å². The number of aromatic amines is 1. The van der Waals surface area contributed by atoms with E-state index in [-0.39, 0.29) is 11.9 Å². The highest BCUT2D eigenvalue weighted by molar-refractivity contribution is 9.10. The molecule has 21 heavy (non-hydrogen) atoms. The van der Waals surface area contributed by atoms with Gasteiger partial charge in [0.1, 0.15) is 11.6 Å². The molecule has 1 unspecified atom stereocenters. The number of rotatable bonds is 4. The zero-order valence-corrected chi connectivity index (χ0v) is 13.1. The maximum absolute atomic E-state index is 13.7. The van der Waals surface area contributed by atoms with Gasteiger partial charge in [0.05, 0.1) is 17.1 Å². The number of hydrogen-bond donors (Lipinski definition) is 2. The number of para-hydroxylation sites is 2. The summed E-state index contributed by atoms with van der Waals surface area (Å²) in [4.78, 5) is 7.82. The average Bonchev–Trinajstić information content (AvgIpc) is 2.92. The number of aromatic nitrogens is 2. The quantitative estimate of drug-likeness (QED) is 0.737. The molecule has 0 spiro atoms. The van der Waals surface area contributed by atoms with Gasteiger partial charge in [-0.2, -0.15) is 0 Å². The van der Waals surface area contributed by atoms with Crippen LogP contribution in [-0.4, -0.2) is 9.97 Å². The van der Waals surface area contributed by atoms with Gasteiger partial charge in [0.2, 0.25) is 0 Å². The first-order valence-corrected chi connectivity index (χ1v) is 7.55. The van der Waals surface area contributed by atoms with Gasteiger partial charge in [-0.25, -0.2) is 9.37 Å². The lowest BCUT2D eigenvalue weighted by Gasteiger charge is -2.12.